The quantitative estimate of drug-likeness (QED) is 0.182. The third-order valence-corrected chi connectivity index (χ3v) is 12.0. The zero-order valence-electron chi connectivity index (χ0n) is 27.9. The molecule has 52 heavy (non-hydrogen) atoms. The topological polar surface area (TPSA) is 23.0 Å². The molecule has 0 radical (unpaired) electrons. The Bertz CT molecular complexity index is 3400. The van der Waals surface area contributed by atoms with Crippen LogP contribution >= 0.6 is 11.3 Å². The summed E-state index contributed by atoms with van der Waals surface area (Å²) in [6, 6.07) is 61.8. The molecule has 12 rings (SSSR count). The summed E-state index contributed by atoms with van der Waals surface area (Å²) >= 11 is 1.87. The van der Waals surface area contributed by atoms with Crippen molar-refractivity contribution in [3.8, 4) is 22.5 Å². The first kappa shape index (κ1) is 28.1. The lowest BCUT2D eigenvalue weighted by Crippen LogP contribution is -1.93. The van der Waals surface area contributed by atoms with Crippen LogP contribution in [0.5, 0.6) is 0 Å². The predicted octanol–water partition coefficient (Wildman–Crippen LogP) is 13.8. The lowest BCUT2D eigenvalue weighted by atomic mass is 10.0. The summed E-state index contributed by atoms with van der Waals surface area (Å²) in [5, 5.41) is 9.90. The molecule has 12 aromatic rings. The number of para-hydroxylation sites is 3. The summed E-state index contributed by atoms with van der Waals surface area (Å²) < 4.78 is 13.8. The van der Waals surface area contributed by atoms with Gasteiger partial charge in [-0.1, -0.05) is 91.0 Å². The van der Waals surface area contributed by atoms with Gasteiger partial charge in [-0.05, 0) is 83.9 Å². The first-order valence-electron chi connectivity index (χ1n) is 17.7. The Kier molecular flexibility index (Phi) is 5.65. The number of fused-ring (bicyclic) bond motifs is 12. The average Bonchev–Trinajstić information content (AvgIpc) is 3.93. The van der Waals surface area contributed by atoms with E-state index in [2.05, 4.69) is 173 Å². The molecule has 0 amide bonds. The van der Waals surface area contributed by atoms with Crippen LogP contribution in [0.25, 0.3) is 108 Å². The molecule has 0 fully saturated rings. The second-order valence-corrected chi connectivity index (χ2v) is 14.8. The molecule has 0 unspecified atom stereocenters. The summed E-state index contributed by atoms with van der Waals surface area (Å²) in [4.78, 5) is 0. The normalized spacial score (nSPS) is 12.2. The van der Waals surface area contributed by atoms with Crippen molar-refractivity contribution < 1.29 is 4.42 Å². The van der Waals surface area contributed by atoms with Gasteiger partial charge in [0.2, 0.25) is 0 Å². The van der Waals surface area contributed by atoms with Crippen LogP contribution in [-0.2, 0) is 0 Å². The maximum absolute atomic E-state index is 6.38. The fourth-order valence-corrected chi connectivity index (χ4v) is 9.66. The Balaban J connectivity index is 1.13. The summed E-state index contributed by atoms with van der Waals surface area (Å²) in [5.41, 5.74) is 11.2. The van der Waals surface area contributed by atoms with Crippen LogP contribution in [0.15, 0.2) is 174 Å². The number of hydrogen-bond donors (Lipinski definition) is 0. The molecule has 8 aromatic carbocycles. The SMILES string of the molecule is c1ccc(-n2c3ccc(-c4ccc5c6cc7c(cc6n(-c6ccccc6)c5c4)sc4ccccc47)cc3c3cc4c(cc32)oc2ccccc24)cc1. The molecule has 4 aromatic heterocycles. The molecule has 4 heterocycles. The molecule has 0 aliphatic rings. The number of nitrogens with zero attached hydrogens (tertiary/aromatic N) is 2. The van der Waals surface area contributed by atoms with Crippen molar-refractivity contribution in [2.24, 2.45) is 0 Å². The largest absolute Gasteiger partial charge is 0.456 e. The van der Waals surface area contributed by atoms with Gasteiger partial charge in [-0.25, -0.2) is 0 Å². The molecule has 0 saturated heterocycles. The number of rotatable bonds is 3. The smallest absolute Gasteiger partial charge is 0.137 e. The monoisotopic (exact) mass is 680 g/mol. The minimum atomic E-state index is 0.904. The van der Waals surface area contributed by atoms with E-state index in [1.54, 1.807) is 0 Å². The Morgan fingerprint density at radius 3 is 1.75 bits per heavy atom. The van der Waals surface area contributed by atoms with Crippen LogP contribution in [0, 0.1) is 0 Å². The average molecular weight is 681 g/mol. The first-order valence-corrected chi connectivity index (χ1v) is 18.5. The van der Waals surface area contributed by atoms with E-state index in [-0.39, 0.29) is 0 Å². The molecule has 0 atom stereocenters. The van der Waals surface area contributed by atoms with Crippen LogP contribution < -0.4 is 0 Å². The van der Waals surface area contributed by atoms with Crippen molar-refractivity contribution in [3.05, 3.63) is 170 Å². The van der Waals surface area contributed by atoms with E-state index in [4.69, 9.17) is 4.42 Å². The summed E-state index contributed by atoms with van der Waals surface area (Å²) in [5.74, 6) is 0. The summed E-state index contributed by atoms with van der Waals surface area (Å²) in [6.07, 6.45) is 0. The van der Waals surface area contributed by atoms with Gasteiger partial charge >= 0.3 is 0 Å². The maximum Gasteiger partial charge on any atom is 0.137 e. The highest BCUT2D eigenvalue weighted by molar-refractivity contribution is 7.25. The van der Waals surface area contributed by atoms with Gasteiger partial charge in [-0.15, -0.1) is 11.3 Å². The lowest BCUT2D eigenvalue weighted by Gasteiger charge is -2.10. The van der Waals surface area contributed by atoms with Gasteiger partial charge in [-0.3, -0.25) is 0 Å². The van der Waals surface area contributed by atoms with E-state index < -0.39 is 0 Å². The highest BCUT2D eigenvalue weighted by atomic mass is 32.1. The van der Waals surface area contributed by atoms with Crippen molar-refractivity contribution in [1.82, 2.24) is 9.13 Å². The third-order valence-electron chi connectivity index (χ3n) is 10.9. The van der Waals surface area contributed by atoms with Crippen LogP contribution in [0.4, 0.5) is 0 Å². The Morgan fingerprint density at radius 1 is 0.327 bits per heavy atom. The van der Waals surface area contributed by atoms with Crippen LogP contribution in [-0.4, -0.2) is 9.13 Å². The Hall–Kier alpha value is -6.62. The molecular formula is C48H28N2OS. The zero-order valence-corrected chi connectivity index (χ0v) is 28.7. The van der Waals surface area contributed by atoms with Gasteiger partial charge in [-0.2, -0.15) is 0 Å². The van der Waals surface area contributed by atoms with Crippen LogP contribution in [0.1, 0.15) is 0 Å². The van der Waals surface area contributed by atoms with Crippen LogP contribution in [0.3, 0.4) is 0 Å². The molecule has 242 valence electrons. The standard InChI is InChI=1S/C48H28N2OS/c1-3-11-31(12-4-1)49-41-22-20-29(23-36(41)38-25-39-34-15-7-9-17-45(34)51-46(39)27-43(38)49)30-19-21-33-37-26-40-35-16-8-10-18-47(35)52-48(40)28-44(37)50(42(33)24-30)32-13-5-2-6-14-32/h1-28H. The second-order valence-electron chi connectivity index (χ2n) is 13.7. The zero-order chi connectivity index (χ0) is 33.9. The van der Waals surface area contributed by atoms with Crippen molar-refractivity contribution in [1.29, 1.82) is 0 Å². The molecular weight excluding hydrogens is 653 g/mol. The summed E-state index contributed by atoms with van der Waals surface area (Å²) in [7, 11) is 0. The van der Waals surface area contributed by atoms with Crippen molar-refractivity contribution >= 4 is 97.1 Å². The number of thiophene rings is 1. The minimum Gasteiger partial charge on any atom is -0.456 e. The molecule has 0 bridgehead atoms. The highest BCUT2D eigenvalue weighted by Gasteiger charge is 2.19. The Morgan fingerprint density at radius 2 is 0.923 bits per heavy atom. The predicted molar refractivity (Wildman–Crippen MR) is 221 cm³/mol. The minimum absolute atomic E-state index is 0.904. The fraction of sp³-hybridized carbons (Fsp3) is 0. The van der Waals surface area contributed by atoms with Crippen molar-refractivity contribution in [2.75, 3.05) is 0 Å². The number of benzene rings is 8. The molecule has 4 heteroatoms. The molecule has 0 spiro atoms. The van der Waals surface area contributed by atoms with E-state index in [9.17, 15) is 0 Å². The van der Waals surface area contributed by atoms with Gasteiger partial charge in [0, 0.05) is 69.9 Å². The van der Waals surface area contributed by atoms with Gasteiger partial charge in [0.05, 0.1) is 22.1 Å². The second kappa shape index (κ2) is 10.5. The van der Waals surface area contributed by atoms with E-state index in [1.165, 1.54) is 69.4 Å². The van der Waals surface area contributed by atoms with Gasteiger partial charge in [0.15, 0.2) is 0 Å². The lowest BCUT2D eigenvalue weighted by molar-refractivity contribution is 0.669. The van der Waals surface area contributed by atoms with E-state index >= 15 is 0 Å². The van der Waals surface area contributed by atoms with Gasteiger partial charge < -0.3 is 13.6 Å². The van der Waals surface area contributed by atoms with Crippen molar-refractivity contribution in [3.63, 3.8) is 0 Å². The highest BCUT2D eigenvalue weighted by Crippen LogP contribution is 2.43. The van der Waals surface area contributed by atoms with E-state index in [1.807, 2.05) is 17.4 Å². The maximum atomic E-state index is 6.38. The van der Waals surface area contributed by atoms with Gasteiger partial charge in [0.25, 0.3) is 0 Å². The number of furan rings is 1. The third kappa shape index (κ3) is 3.90. The summed E-state index contributed by atoms with van der Waals surface area (Å²) in [6.45, 7) is 0. The van der Waals surface area contributed by atoms with Gasteiger partial charge in [0.1, 0.15) is 11.2 Å². The van der Waals surface area contributed by atoms with E-state index in [0.717, 1.165) is 38.8 Å². The van der Waals surface area contributed by atoms with Crippen LogP contribution in [0.2, 0.25) is 0 Å². The van der Waals surface area contributed by atoms with E-state index in [0.29, 0.717) is 0 Å². The molecule has 0 saturated carbocycles. The molecule has 0 aliphatic heterocycles. The molecule has 0 aliphatic carbocycles. The fourth-order valence-electron chi connectivity index (χ4n) is 8.54. The number of hydrogen-bond acceptors (Lipinski definition) is 2. The first-order chi connectivity index (χ1) is 25.8. The number of aromatic nitrogens is 2. The van der Waals surface area contributed by atoms with Crippen molar-refractivity contribution in [2.45, 2.75) is 0 Å². The molecule has 3 nitrogen and oxygen atoms in total. The Labute approximate surface area is 301 Å². The molecule has 0 N–H and O–H groups in total.